The quantitative estimate of drug-likeness (QED) is 0.548. The SMILES string of the molecule is CCCCOC(=O)N1CCOCC1C(=O)OCC. The maximum Gasteiger partial charge on any atom is 0.410 e. The second kappa shape index (κ2) is 7.92. The molecule has 1 atom stereocenters. The first-order chi connectivity index (χ1) is 8.70. The summed E-state index contributed by atoms with van der Waals surface area (Å²) in [5.41, 5.74) is 0. The zero-order valence-electron chi connectivity index (χ0n) is 11.0. The highest BCUT2D eigenvalue weighted by Gasteiger charge is 2.34. The molecule has 1 heterocycles. The van der Waals surface area contributed by atoms with Gasteiger partial charge in [-0.05, 0) is 13.3 Å². The van der Waals surface area contributed by atoms with E-state index in [1.54, 1.807) is 6.92 Å². The molecule has 0 spiro atoms. The molecule has 0 aromatic carbocycles. The predicted octanol–water partition coefficient (Wildman–Crippen LogP) is 1.19. The number of rotatable bonds is 5. The van der Waals surface area contributed by atoms with Crippen molar-refractivity contribution < 1.29 is 23.8 Å². The Balaban J connectivity index is 2.52. The third-order valence-corrected chi connectivity index (χ3v) is 2.65. The first-order valence-electron chi connectivity index (χ1n) is 6.38. The standard InChI is InChI=1S/C12H21NO5/c1-3-5-7-18-12(15)13-6-8-16-9-10(13)11(14)17-4-2/h10H,3-9H2,1-2H3. The highest BCUT2D eigenvalue weighted by molar-refractivity contribution is 5.81. The molecule has 0 aromatic heterocycles. The maximum atomic E-state index is 11.8. The molecule has 1 saturated heterocycles. The van der Waals surface area contributed by atoms with Crippen molar-refractivity contribution in [2.75, 3.05) is 33.0 Å². The van der Waals surface area contributed by atoms with E-state index in [0.29, 0.717) is 19.8 Å². The van der Waals surface area contributed by atoms with Crippen LogP contribution in [0.3, 0.4) is 0 Å². The van der Waals surface area contributed by atoms with Gasteiger partial charge in [-0.15, -0.1) is 0 Å². The molecule has 6 heteroatoms. The summed E-state index contributed by atoms with van der Waals surface area (Å²) in [6.07, 6.45) is 1.31. The molecule has 0 radical (unpaired) electrons. The fourth-order valence-electron chi connectivity index (χ4n) is 1.64. The van der Waals surface area contributed by atoms with E-state index in [1.165, 1.54) is 4.90 Å². The van der Waals surface area contributed by atoms with E-state index in [1.807, 2.05) is 6.92 Å². The van der Waals surface area contributed by atoms with Crippen LogP contribution < -0.4 is 0 Å². The summed E-state index contributed by atoms with van der Waals surface area (Å²) in [6, 6.07) is -0.687. The summed E-state index contributed by atoms with van der Waals surface area (Å²) in [6.45, 7) is 5.35. The number of carbonyl (C=O) groups is 2. The Morgan fingerprint density at radius 1 is 1.33 bits per heavy atom. The van der Waals surface area contributed by atoms with Crippen LogP contribution >= 0.6 is 0 Å². The molecule has 18 heavy (non-hydrogen) atoms. The van der Waals surface area contributed by atoms with Crippen molar-refractivity contribution in [1.82, 2.24) is 4.90 Å². The van der Waals surface area contributed by atoms with Gasteiger partial charge >= 0.3 is 12.1 Å². The monoisotopic (exact) mass is 259 g/mol. The zero-order chi connectivity index (χ0) is 13.4. The van der Waals surface area contributed by atoms with E-state index in [-0.39, 0.29) is 13.2 Å². The molecule has 1 unspecified atom stereocenters. The summed E-state index contributed by atoms with van der Waals surface area (Å²) in [5, 5.41) is 0. The Morgan fingerprint density at radius 2 is 2.11 bits per heavy atom. The lowest BCUT2D eigenvalue weighted by atomic mass is 10.2. The lowest BCUT2D eigenvalue weighted by Gasteiger charge is -2.32. The van der Waals surface area contributed by atoms with Gasteiger partial charge in [0.1, 0.15) is 0 Å². The van der Waals surface area contributed by atoms with Crippen LogP contribution in [0, 0.1) is 0 Å². The normalized spacial score (nSPS) is 19.4. The van der Waals surface area contributed by atoms with Crippen molar-refractivity contribution in [3.05, 3.63) is 0 Å². The molecule has 1 fully saturated rings. The van der Waals surface area contributed by atoms with Crippen molar-refractivity contribution >= 4 is 12.1 Å². The first-order valence-corrected chi connectivity index (χ1v) is 6.38. The van der Waals surface area contributed by atoms with Crippen molar-refractivity contribution in [1.29, 1.82) is 0 Å². The number of hydrogen-bond acceptors (Lipinski definition) is 5. The molecule has 0 saturated carbocycles. The highest BCUT2D eigenvalue weighted by atomic mass is 16.6. The fraction of sp³-hybridized carbons (Fsp3) is 0.833. The van der Waals surface area contributed by atoms with Gasteiger partial charge in [-0.2, -0.15) is 0 Å². The van der Waals surface area contributed by atoms with Gasteiger partial charge in [-0.3, -0.25) is 4.90 Å². The highest BCUT2D eigenvalue weighted by Crippen LogP contribution is 2.11. The third kappa shape index (κ3) is 4.18. The zero-order valence-corrected chi connectivity index (χ0v) is 11.0. The number of amides is 1. The molecule has 0 aromatic rings. The Hall–Kier alpha value is -1.30. The number of morpholine rings is 1. The molecule has 0 bridgehead atoms. The Kier molecular flexibility index (Phi) is 6.49. The molecular formula is C12H21NO5. The van der Waals surface area contributed by atoms with Gasteiger partial charge in [-0.25, -0.2) is 9.59 Å². The Bertz CT molecular complexity index is 282. The fourth-order valence-corrected chi connectivity index (χ4v) is 1.64. The van der Waals surface area contributed by atoms with Gasteiger partial charge in [-0.1, -0.05) is 13.3 Å². The van der Waals surface area contributed by atoms with E-state index >= 15 is 0 Å². The largest absolute Gasteiger partial charge is 0.464 e. The topological polar surface area (TPSA) is 65.1 Å². The van der Waals surface area contributed by atoms with Gasteiger partial charge in [0, 0.05) is 6.54 Å². The predicted molar refractivity (Wildman–Crippen MR) is 64.2 cm³/mol. The summed E-state index contributed by atoms with van der Waals surface area (Å²) in [7, 11) is 0. The van der Waals surface area contributed by atoms with E-state index < -0.39 is 18.1 Å². The average Bonchev–Trinajstić information content (AvgIpc) is 2.39. The lowest BCUT2D eigenvalue weighted by molar-refractivity contribution is -0.154. The number of unbranched alkanes of at least 4 members (excludes halogenated alkanes) is 1. The second-order valence-electron chi connectivity index (χ2n) is 4.00. The number of carbonyl (C=O) groups excluding carboxylic acids is 2. The number of esters is 1. The smallest absolute Gasteiger partial charge is 0.410 e. The second-order valence-corrected chi connectivity index (χ2v) is 4.00. The third-order valence-electron chi connectivity index (χ3n) is 2.65. The van der Waals surface area contributed by atoms with Crippen molar-refractivity contribution in [3.8, 4) is 0 Å². The molecule has 0 N–H and O–H groups in total. The van der Waals surface area contributed by atoms with E-state index in [9.17, 15) is 9.59 Å². The van der Waals surface area contributed by atoms with Crippen molar-refractivity contribution in [3.63, 3.8) is 0 Å². The molecule has 1 aliphatic rings. The molecule has 1 rings (SSSR count). The van der Waals surface area contributed by atoms with Crippen LogP contribution in [0.4, 0.5) is 4.79 Å². The van der Waals surface area contributed by atoms with Crippen LogP contribution in [0.5, 0.6) is 0 Å². The van der Waals surface area contributed by atoms with Gasteiger partial charge in [0.15, 0.2) is 6.04 Å². The Morgan fingerprint density at radius 3 is 2.78 bits per heavy atom. The maximum absolute atomic E-state index is 11.8. The van der Waals surface area contributed by atoms with Crippen molar-refractivity contribution in [2.45, 2.75) is 32.7 Å². The molecule has 0 aliphatic carbocycles. The minimum Gasteiger partial charge on any atom is -0.464 e. The number of hydrogen-bond donors (Lipinski definition) is 0. The van der Waals surface area contributed by atoms with Crippen molar-refractivity contribution in [2.24, 2.45) is 0 Å². The van der Waals surface area contributed by atoms with Gasteiger partial charge in [0.2, 0.25) is 0 Å². The van der Waals surface area contributed by atoms with E-state index in [0.717, 1.165) is 12.8 Å². The molecule has 1 aliphatic heterocycles. The summed E-state index contributed by atoms with van der Waals surface area (Å²) in [4.78, 5) is 24.9. The van der Waals surface area contributed by atoms with Crippen LogP contribution in [0.25, 0.3) is 0 Å². The molecule has 1 amide bonds. The number of ether oxygens (including phenoxy) is 3. The summed E-state index contributed by atoms with van der Waals surface area (Å²) in [5.74, 6) is -0.440. The van der Waals surface area contributed by atoms with Gasteiger partial charge < -0.3 is 14.2 Å². The van der Waals surface area contributed by atoms with E-state index in [2.05, 4.69) is 0 Å². The van der Waals surface area contributed by atoms with E-state index in [4.69, 9.17) is 14.2 Å². The molecule has 104 valence electrons. The molecular weight excluding hydrogens is 238 g/mol. The van der Waals surface area contributed by atoms with Crippen LogP contribution in [0.1, 0.15) is 26.7 Å². The summed E-state index contributed by atoms with van der Waals surface area (Å²) < 4.78 is 15.2. The van der Waals surface area contributed by atoms with Crippen LogP contribution in [-0.4, -0.2) is 56.0 Å². The van der Waals surface area contributed by atoms with Crippen LogP contribution in [0.2, 0.25) is 0 Å². The van der Waals surface area contributed by atoms with Crippen LogP contribution in [0.15, 0.2) is 0 Å². The lowest BCUT2D eigenvalue weighted by Crippen LogP contribution is -2.53. The average molecular weight is 259 g/mol. The van der Waals surface area contributed by atoms with Gasteiger partial charge in [0.25, 0.3) is 0 Å². The minimum atomic E-state index is -0.687. The van der Waals surface area contributed by atoms with Gasteiger partial charge in [0.05, 0.1) is 26.4 Å². The summed E-state index contributed by atoms with van der Waals surface area (Å²) >= 11 is 0. The first kappa shape index (κ1) is 14.8. The number of nitrogens with zero attached hydrogens (tertiary/aromatic N) is 1. The Labute approximate surface area is 107 Å². The minimum absolute atomic E-state index is 0.168. The van der Waals surface area contributed by atoms with Crippen LogP contribution in [-0.2, 0) is 19.0 Å². The molecule has 6 nitrogen and oxygen atoms in total.